The predicted octanol–water partition coefficient (Wildman–Crippen LogP) is 2.38. The molecular weight excluding hydrogens is 307 g/mol. The fourth-order valence-electron chi connectivity index (χ4n) is 1.25. The summed E-state index contributed by atoms with van der Waals surface area (Å²) in [5.74, 6) is -0.916. The number of nitrogens with zero attached hydrogens (tertiary/aromatic N) is 1. The summed E-state index contributed by atoms with van der Waals surface area (Å²) in [4.78, 5) is 10.6. The standard InChI is InChI=1S/C10H7IN2O2/c11-8-5-12-13-9(8)6-1-3-7(4-2-6)10(14)15/h1-5H,(H,12,13)(H,14,15). The average molecular weight is 314 g/mol. The number of H-pyrrole nitrogens is 1. The van der Waals surface area contributed by atoms with Gasteiger partial charge < -0.3 is 5.11 Å². The summed E-state index contributed by atoms with van der Waals surface area (Å²) in [6.07, 6.45) is 1.72. The first-order chi connectivity index (χ1) is 7.18. The minimum atomic E-state index is -0.916. The van der Waals surface area contributed by atoms with Crippen LogP contribution in [0.3, 0.4) is 0 Å². The third-order valence-corrected chi connectivity index (χ3v) is 2.83. The van der Waals surface area contributed by atoms with Crippen molar-refractivity contribution in [2.45, 2.75) is 0 Å². The summed E-state index contributed by atoms with van der Waals surface area (Å²) in [7, 11) is 0. The number of aromatic amines is 1. The number of carboxylic acid groups (broad SMARTS) is 1. The van der Waals surface area contributed by atoms with Crippen LogP contribution in [0.1, 0.15) is 10.4 Å². The Morgan fingerprint density at radius 1 is 1.33 bits per heavy atom. The molecule has 2 N–H and O–H groups in total. The fraction of sp³-hybridized carbons (Fsp3) is 0. The molecule has 0 unspecified atom stereocenters. The quantitative estimate of drug-likeness (QED) is 0.837. The van der Waals surface area contributed by atoms with Crippen LogP contribution in [0.5, 0.6) is 0 Å². The van der Waals surface area contributed by atoms with Crippen molar-refractivity contribution in [3.63, 3.8) is 0 Å². The first kappa shape index (κ1) is 10.2. The van der Waals surface area contributed by atoms with Gasteiger partial charge in [0.15, 0.2) is 0 Å². The van der Waals surface area contributed by atoms with E-state index in [4.69, 9.17) is 5.11 Å². The third-order valence-electron chi connectivity index (χ3n) is 2.01. The summed E-state index contributed by atoms with van der Waals surface area (Å²) in [6, 6.07) is 6.68. The molecule has 2 aromatic rings. The maximum atomic E-state index is 10.6. The maximum Gasteiger partial charge on any atom is 0.335 e. The van der Waals surface area contributed by atoms with Gasteiger partial charge in [-0.05, 0) is 34.7 Å². The minimum absolute atomic E-state index is 0.285. The molecule has 0 spiro atoms. The van der Waals surface area contributed by atoms with Gasteiger partial charge in [-0.3, -0.25) is 5.10 Å². The molecule has 0 saturated heterocycles. The lowest BCUT2D eigenvalue weighted by molar-refractivity contribution is 0.0697. The summed E-state index contributed by atoms with van der Waals surface area (Å²) >= 11 is 2.17. The Hall–Kier alpha value is -1.37. The topological polar surface area (TPSA) is 66.0 Å². The Balaban J connectivity index is 2.40. The van der Waals surface area contributed by atoms with Gasteiger partial charge in [-0.2, -0.15) is 5.10 Å². The van der Waals surface area contributed by atoms with E-state index in [1.54, 1.807) is 30.5 Å². The van der Waals surface area contributed by atoms with Crippen molar-refractivity contribution in [1.29, 1.82) is 0 Å². The summed E-state index contributed by atoms with van der Waals surface area (Å²) < 4.78 is 1.01. The van der Waals surface area contributed by atoms with Crippen molar-refractivity contribution in [3.05, 3.63) is 39.6 Å². The highest BCUT2D eigenvalue weighted by Gasteiger charge is 2.06. The molecule has 0 fully saturated rings. The van der Waals surface area contributed by atoms with E-state index in [0.29, 0.717) is 0 Å². The monoisotopic (exact) mass is 314 g/mol. The molecule has 0 amide bonds. The second kappa shape index (κ2) is 4.01. The fourth-order valence-corrected chi connectivity index (χ4v) is 1.82. The molecule has 1 aromatic carbocycles. The number of carboxylic acids is 1. The van der Waals surface area contributed by atoms with Gasteiger partial charge in [-0.1, -0.05) is 12.1 Å². The van der Waals surface area contributed by atoms with Crippen LogP contribution in [-0.4, -0.2) is 21.3 Å². The van der Waals surface area contributed by atoms with E-state index >= 15 is 0 Å². The lowest BCUT2D eigenvalue weighted by atomic mass is 10.1. The van der Waals surface area contributed by atoms with E-state index in [1.165, 1.54) is 0 Å². The SMILES string of the molecule is O=C(O)c1ccc(-c2[nH]ncc2I)cc1. The molecular formula is C10H7IN2O2. The zero-order valence-corrected chi connectivity index (χ0v) is 9.72. The Labute approximate surface area is 99.5 Å². The van der Waals surface area contributed by atoms with Crippen molar-refractivity contribution in [1.82, 2.24) is 10.2 Å². The molecule has 0 bridgehead atoms. The van der Waals surface area contributed by atoms with Crippen LogP contribution in [0.2, 0.25) is 0 Å². The zero-order chi connectivity index (χ0) is 10.8. The number of rotatable bonds is 2. The van der Waals surface area contributed by atoms with E-state index < -0.39 is 5.97 Å². The van der Waals surface area contributed by atoms with Crippen LogP contribution in [0.25, 0.3) is 11.3 Å². The second-order valence-electron chi connectivity index (χ2n) is 2.98. The van der Waals surface area contributed by atoms with Crippen LogP contribution in [-0.2, 0) is 0 Å². The van der Waals surface area contributed by atoms with E-state index in [1.807, 2.05) is 0 Å². The van der Waals surface area contributed by atoms with Gasteiger partial charge in [-0.15, -0.1) is 0 Å². The van der Waals surface area contributed by atoms with Crippen molar-refractivity contribution in [3.8, 4) is 11.3 Å². The van der Waals surface area contributed by atoms with Crippen LogP contribution >= 0.6 is 22.6 Å². The lowest BCUT2D eigenvalue weighted by Gasteiger charge is -1.99. The van der Waals surface area contributed by atoms with Crippen molar-refractivity contribution in [2.75, 3.05) is 0 Å². The molecule has 4 nitrogen and oxygen atoms in total. The van der Waals surface area contributed by atoms with Gasteiger partial charge in [0, 0.05) is 5.56 Å². The molecule has 0 atom stereocenters. The maximum absolute atomic E-state index is 10.6. The second-order valence-corrected chi connectivity index (χ2v) is 4.14. The normalized spacial score (nSPS) is 10.2. The molecule has 15 heavy (non-hydrogen) atoms. The molecule has 0 radical (unpaired) electrons. The Morgan fingerprint density at radius 3 is 2.47 bits per heavy atom. The summed E-state index contributed by atoms with van der Waals surface area (Å²) in [5, 5.41) is 15.5. The molecule has 0 aliphatic heterocycles. The molecule has 0 aliphatic rings. The first-order valence-electron chi connectivity index (χ1n) is 4.21. The minimum Gasteiger partial charge on any atom is -0.478 e. The summed E-state index contributed by atoms with van der Waals surface area (Å²) in [6.45, 7) is 0. The molecule has 5 heteroatoms. The number of carbonyl (C=O) groups is 1. The smallest absolute Gasteiger partial charge is 0.335 e. The number of halogens is 1. The Morgan fingerprint density at radius 2 is 2.00 bits per heavy atom. The molecule has 2 rings (SSSR count). The van der Waals surface area contributed by atoms with Crippen LogP contribution < -0.4 is 0 Å². The molecule has 0 saturated carbocycles. The highest BCUT2D eigenvalue weighted by molar-refractivity contribution is 14.1. The molecule has 0 aliphatic carbocycles. The highest BCUT2D eigenvalue weighted by atomic mass is 127. The van der Waals surface area contributed by atoms with E-state index in [9.17, 15) is 4.79 Å². The van der Waals surface area contributed by atoms with Gasteiger partial charge in [0.05, 0.1) is 21.0 Å². The zero-order valence-electron chi connectivity index (χ0n) is 7.57. The van der Waals surface area contributed by atoms with Crippen LogP contribution in [0.15, 0.2) is 30.5 Å². The van der Waals surface area contributed by atoms with Crippen LogP contribution in [0.4, 0.5) is 0 Å². The van der Waals surface area contributed by atoms with Crippen LogP contribution in [0, 0.1) is 3.57 Å². The predicted molar refractivity (Wildman–Crippen MR) is 63.7 cm³/mol. The van der Waals surface area contributed by atoms with Gasteiger partial charge in [0.1, 0.15) is 0 Å². The molecule has 1 heterocycles. The number of hydrogen-bond acceptors (Lipinski definition) is 2. The largest absolute Gasteiger partial charge is 0.478 e. The van der Waals surface area contributed by atoms with E-state index in [2.05, 4.69) is 32.8 Å². The number of benzene rings is 1. The number of aromatic nitrogens is 2. The Kier molecular flexibility index (Phi) is 2.72. The van der Waals surface area contributed by atoms with Crippen molar-refractivity contribution < 1.29 is 9.90 Å². The summed E-state index contributed by atoms with van der Waals surface area (Å²) in [5.41, 5.74) is 2.13. The first-order valence-corrected chi connectivity index (χ1v) is 5.29. The third kappa shape index (κ3) is 2.01. The number of aromatic carboxylic acids is 1. The Bertz CT molecular complexity index is 490. The van der Waals surface area contributed by atoms with Crippen molar-refractivity contribution in [2.24, 2.45) is 0 Å². The van der Waals surface area contributed by atoms with Crippen molar-refractivity contribution >= 4 is 28.6 Å². The van der Waals surface area contributed by atoms with Gasteiger partial charge in [0.25, 0.3) is 0 Å². The van der Waals surface area contributed by atoms with Gasteiger partial charge in [-0.25, -0.2) is 4.79 Å². The molecule has 1 aromatic heterocycles. The van der Waals surface area contributed by atoms with E-state index in [0.717, 1.165) is 14.8 Å². The number of hydrogen-bond donors (Lipinski definition) is 2. The average Bonchev–Trinajstić information content (AvgIpc) is 2.65. The lowest BCUT2D eigenvalue weighted by Crippen LogP contribution is -1.95. The number of nitrogens with one attached hydrogen (secondary N) is 1. The molecule has 76 valence electrons. The van der Waals surface area contributed by atoms with E-state index in [-0.39, 0.29) is 5.56 Å². The van der Waals surface area contributed by atoms with Gasteiger partial charge >= 0.3 is 5.97 Å². The van der Waals surface area contributed by atoms with Gasteiger partial charge in [0.2, 0.25) is 0 Å². The highest BCUT2D eigenvalue weighted by Crippen LogP contribution is 2.22.